The van der Waals surface area contributed by atoms with Crippen LogP contribution in [0.2, 0.25) is 0 Å². The Morgan fingerprint density at radius 2 is 1.53 bits per heavy atom. The predicted molar refractivity (Wildman–Crippen MR) is 119 cm³/mol. The van der Waals surface area contributed by atoms with Crippen molar-refractivity contribution >= 4 is 18.0 Å². The van der Waals surface area contributed by atoms with Gasteiger partial charge in [-0.3, -0.25) is 9.59 Å². The summed E-state index contributed by atoms with van der Waals surface area (Å²) < 4.78 is 5.58. The minimum atomic E-state index is -1.07. The molecular formula is C25H28N2O5. The number of hydrogen-bond donors (Lipinski definition) is 3. The van der Waals surface area contributed by atoms with E-state index in [-0.39, 0.29) is 36.8 Å². The van der Waals surface area contributed by atoms with Crippen LogP contribution < -0.4 is 10.6 Å². The summed E-state index contributed by atoms with van der Waals surface area (Å²) in [4.78, 5) is 35.5. The Hall–Kier alpha value is -3.35. The molecule has 2 aliphatic carbocycles. The van der Waals surface area contributed by atoms with Gasteiger partial charge in [0.05, 0.1) is 0 Å². The van der Waals surface area contributed by atoms with Crippen molar-refractivity contribution in [3.63, 3.8) is 0 Å². The molecule has 0 unspecified atom stereocenters. The Balaban J connectivity index is 1.32. The Bertz CT molecular complexity index is 960. The number of carbonyl (C=O) groups excluding carboxylic acids is 2. The lowest BCUT2D eigenvalue weighted by molar-refractivity contribution is -0.139. The highest BCUT2D eigenvalue weighted by Gasteiger charge is 2.32. The molecule has 0 aromatic heterocycles. The smallest absolute Gasteiger partial charge is 0.407 e. The Labute approximate surface area is 187 Å². The quantitative estimate of drug-likeness (QED) is 0.616. The maximum absolute atomic E-state index is 12.4. The predicted octanol–water partition coefficient (Wildman–Crippen LogP) is 3.53. The fraction of sp³-hybridized carbons (Fsp3) is 0.400. The largest absolute Gasteiger partial charge is 0.480 e. The van der Waals surface area contributed by atoms with Crippen molar-refractivity contribution in [1.29, 1.82) is 0 Å². The van der Waals surface area contributed by atoms with Gasteiger partial charge in [-0.25, -0.2) is 4.79 Å². The van der Waals surface area contributed by atoms with Gasteiger partial charge in [0.2, 0.25) is 5.91 Å². The average molecular weight is 437 g/mol. The Kier molecular flexibility index (Phi) is 6.73. The maximum Gasteiger partial charge on any atom is 0.407 e. The molecule has 1 fully saturated rings. The van der Waals surface area contributed by atoms with Crippen molar-refractivity contribution < 1.29 is 24.2 Å². The molecule has 1 saturated carbocycles. The fourth-order valence-corrected chi connectivity index (χ4v) is 4.95. The summed E-state index contributed by atoms with van der Waals surface area (Å²) in [5.41, 5.74) is 4.66. The second-order valence-electron chi connectivity index (χ2n) is 8.47. The third kappa shape index (κ3) is 4.77. The molecule has 0 aliphatic heterocycles. The molecule has 168 valence electrons. The van der Waals surface area contributed by atoms with Crippen molar-refractivity contribution in [3.05, 3.63) is 59.7 Å². The van der Waals surface area contributed by atoms with E-state index in [0.29, 0.717) is 13.0 Å². The lowest BCUT2D eigenvalue weighted by Gasteiger charge is -2.30. The highest BCUT2D eigenvalue weighted by Crippen LogP contribution is 2.44. The standard InChI is InChI=1S/C25H28N2O5/c28-23(29)14-26-24(30)17-8-2-1-7-16(17)13-27-25(31)32-15-22-20-11-5-3-9-18(20)19-10-4-6-12-21(19)22/h3-6,9-12,16-17,22H,1-2,7-8,13-15H2,(H,26,30)(H,27,31)(H,28,29)/t16-,17-/m0/s1. The zero-order valence-electron chi connectivity index (χ0n) is 17.9. The second-order valence-corrected chi connectivity index (χ2v) is 8.47. The van der Waals surface area contributed by atoms with Gasteiger partial charge in [-0.05, 0) is 41.0 Å². The van der Waals surface area contributed by atoms with Crippen molar-refractivity contribution in [3.8, 4) is 11.1 Å². The topological polar surface area (TPSA) is 105 Å². The van der Waals surface area contributed by atoms with Crippen LogP contribution in [0, 0.1) is 11.8 Å². The van der Waals surface area contributed by atoms with Crippen molar-refractivity contribution in [1.82, 2.24) is 10.6 Å². The number of benzene rings is 2. The van der Waals surface area contributed by atoms with Crippen molar-refractivity contribution in [2.45, 2.75) is 31.6 Å². The number of hydrogen-bond acceptors (Lipinski definition) is 4. The van der Waals surface area contributed by atoms with Crippen LogP contribution in [0.3, 0.4) is 0 Å². The molecule has 32 heavy (non-hydrogen) atoms. The molecule has 7 heteroatoms. The molecule has 3 N–H and O–H groups in total. The van der Waals surface area contributed by atoms with Gasteiger partial charge < -0.3 is 20.5 Å². The van der Waals surface area contributed by atoms with Gasteiger partial charge in [0.25, 0.3) is 0 Å². The van der Waals surface area contributed by atoms with Crippen LogP contribution in [-0.2, 0) is 14.3 Å². The van der Waals surface area contributed by atoms with E-state index in [4.69, 9.17) is 9.84 Å². The number of fused-ring (bicyclic) bond motifs is 3. The molecule has 2 aliphatic rings. The normalized spacial score (nSPS) is 19.5. The molecule has 4 rings (SSSR count). The van der Waals surface area contributed by atoms with E-state index in [1.165, 1.54) is 11.1 Å². The first-order valence-electron chi connectivity index (χ1n) is 11.1. The van der Waals surface area contributed by atoms with E-state index in [2.05, 4.69) is 34.9 Å². The van der Waals surface area contributed by atoms with E-state index >= 15 is 0 Å². The van der Waals surface area contributed by atoms with Gasteiger partial charge >= 0.3 is 12.1 Å². The van der Waals surface area contributed by atoms with Crippen molar-refractivity contribution in [2.75, 3.05) is 19.7 Å². The third-order valence-electron chi connectivity index (χ3n) is 6.51. The third-order valence-corrected chi connectivity index (χ3v) is 6.51. The number of carboxylic acids is 1. The zero-order valence-corrected chi connectivity index (χ0v) is 17.9. The van der Waals surface area contributed by atoms with Crippen LogP contribution >= 0.6 is 0 Å². The van der Waals surface area contributed by atoms with Gasteiger partial charge in [-0.15, -0.1) is 0 Å². The Morgan fingerprint density at radius 1 is 0.906 bits per heavy atom. The SMILES string of the molecule is O=C(O)CNC(=O)[C@H]1CCCC[C@H]1CNC(=O)OCC1c2ccccc2-c2ccccc21. The molecule has 2 aromatic carbocycles. The number of ether oxygens (including phenoxy) is 1. The molecule has 0 bridgehead atoms. The van der Waals surface area contributed by atoms with E-state index in [1.807, 2.05) is 24.3 Å². The van der Waals surface area contributed by atoms with Gasteiger partial charge in [0, 0.05) is 18.4 Å². The highest BCUT2D eigenvalue weighted by atomic mass is 16.5. The Morgan fingerprint density at radius 3 is 2.19 bits per heavy atom. The summed E-state index contributed by atoms with van der Waals surface area (Å²) in [5.74, 6) is -1.65. The second kappa shape index (κ2) is 9.85. The molecule has 2 aromatic rings. The molecule has 0 heterocycles. The van der Waals surface area contributed by atoms with Crippen LogP contribution in [0.25, 0.3) is 11.1 Å². The van der Waals surface area contributed by atoms with Crippen LogP contribution in [0.4, 0.5) is 4.79 Å². The molecule has 2 amide bonds. The van der Waals surface area contributed by atoms with Gasteiger partial charge in [-0.2, -0.15) is 0 Å². The molecule has 7 nitrogen and oxygen atoms in total. The molecular weight excluding hydrogens is 408 g/mol. The lowest BCUT2D eigenvalue weighted by Crippen LogP contribution is -2.43. The molecule has 0 spiro atoms. The van der Waals surface area contributed by atoms with Gasteiger partial charge in [-0.1, -0.05) is 61.4 Å². The minimum absolute atomic E-state index is 0.00243. The van der Waals surface area contributed by atoms with Crippen LogP contribution in [0.1, 0.15) is 42.7 Å². The van der Waals surface area contributed by atoms with E-state index in [9.17, 15) is 14.4 Å². The highest BCUT2D eigenvalue weighted by molar-refractivity contribution is 5.83. The minimum Gasteiger partial charge on any atom is -0.480 e. The zero-order chi connectivity index (χ0) is 22.5. The number of nitrogens with one attached hydrogen (secondary N) is 2. The summed E-state index contributed by atoms with van der Waals surface area (Å²) in [5, 5.41) is 14.1. The first kappa shape index (κ1) is 21.9. The maximum atomic E-state index is 12.4. The number of amides is 2. The summed E-state index contributed by atoms with van der Waals surface area (Å²) in [6.07, 6.45) is 2.92. The van der Waals surface area contributed by atoms with Crippen LogP contribution in [0.5, 0.6) is 0 Å². The number of rotatable bonds is 7. The van der Waals surface area contributed by atoms with E-state index in [0.717, 1.165) is 30.4 Å². The monoisotopic (exact) mass is 436 g/mol. The first-order chi connectivity index (χ1) is 15.5. The van der Waals surface area contributed by atoms with Gasteiger partial charge in [0.15, 0.2) is 0 Å². The number of alkyl carbamates (subject to hydrolysis) is 1. The summed E-state index contributed by atoms with van der Waals surface area (Å²) in [7, 11) is 0. The fourth-order valence-electron chi connectivity index (χ4n) is 4.95. The first-order valence-corrected chi connectivity index (χ1v) is 11.1. The van der Waals surface area contributed by atoms with Crippen LogP contribution in [-0.4, -0.2) is 42.8 Å². The number of carbonyl (C=O) groups is 3. The lowest BCUT2D eigenvalue weighted by atomic mass is 9.78. The van der Waals surface area contributed by atoms with E-state index < -0.39 is 12.1 Å². The number of aliphatic carboxylic acids is 1. The van der Waals surface area contributed by atoms with E-state index in [1.54, 1.807) is 0 Å². The molecule has 2 atom stereocenters. The van der Waals surface area contributed by atoms with Crippen LogP contribution in [0.15, 0.2) is 48.5 Å². The molecule has 0 saturated heterocycles. The summed E-state index contributed by atoms with van der Waals surface area (Å²) in [6, 6.07) is 16.3. The van der Waals surface area contributed by atoms with Crippen molar-refractivity contribution in [2.24, 2.45) is 11.8 Å². The van der Waals surface area contributed by atoms with Gasteiger partial charge in [0.1, 0.15) is 13.2 Å². The summed E-state index contributed by atoms with van der Waals surface area (Å²) in [6.45, 7) is 0.191. The summed E-state index contributed by atoms with van der Waals surface area (Å²) >= 11 is 0. The number of carboxylic acid groups (broad SMARTS) is 1. The average Bonchev–Trinajstić information content (AvgIpc) is 3.14. The molecule has 0 radical (unpaired) electrons.